The van der Waals surface area contributed by atoms with Crippen LogP contribution in [0, 0.1) is 13.8 Å². The summed E-state index contributed by atoms with van der Waals surface area (Å²) in [5.74, 6) is 1.00. The van der Waals surface area contributed by atoms with Crippen molar-refractivity contribution in [2.24, 2.45) is 5.10 Å². The summed E-state index contributed by atoms with van der Waals surface area (Å²) in [6, 6.07) is 21.3. The number of rotatable bonds is 4. The number of carbonyl (C=O) groups excluding carboxylic acids is 1. The van der Waals surface area contributed by atoms with Gasteiger partial charge in [-0.3, -0.25) is 9.78 Å². The molecule has 4 aromatic rings. The van der Waals surface area contributed by atoms with Crippen LogP contribution in [-0.4, -0.2) is 17.1 Å². The minimum Gasteiger partial charge on any atom is -0.455 e. The number of hydrogen-bond acceptors (Lipinski definition) is 4. The molecule has 0 saturated carbocycles. The van der Waals surface area contributed by atoms with Crippen molar-refractivity contribution >= 4 is 23.0 Å². The lowest BCUT2D eigenvalue weighted by molar-refractivity contribution is 0.0954. The highest BCUT2D eigenvalue weighted by atomic mass is 16.3. The van der Waals surface area contributed by atoms with Crippen LogP contribution < -0.4 is 5.43 Å². The Hall–Kier alpha value is -3.73. The van der Waals surface area contributed by atoms with Gasteiger partial charge in [-0.05, 0) is 44.2 Å². The highest BCUT2D eigenvalue weighted by Gasteiger charge is 2.11. The number of fused-ring (bicyclic) bond motifs is 1. The van der Waals surface area contributed by atoms with Gasteiger partial charge in [-0.2, -0.15) is 5.10 Å². The molecule has 0 radical (unpaired) electrons. The zero-order valence-corrected chi connectivity index (χ0v) is 15.6. The Kier molecular flexibility index (Phi) is 4.72. The molecule has 0 aliphatic carbocycles. The lowest BCUT2D eigenvalue weighted by Gasteiger charge is -2.06. The highest BCUT2D eigenvalue weighted by molar-refractivity contribution is 5.99. The molecule has 138 valence electrons. The van der Waals surface area contributed by atoms with Crippen molar-refractivity contribution in [1.82, 2.24) is 10.4 Å². The van der Waals surface area contributed by atoms with Crippen molar-refractivity contribution in [2.75, 3.05) is 0 Å². The molecule has 0 saturated heterocycles. The Bertz CT molecular complexity index is 1180. The van der Waals surface area contributed by atoms with Gasteiger partial charge in [0.05, 0.1) is 23.0 Å². The minimum absolute atomic E-state index is 0.306. The summed E-state index contributed by atoms with van der Waals surface area (Å²) in [7, 11) is 0. The first-order chi connectivity index (χ1) is 13.6. The fraction of sp³-hybridized carbons (Fsp3) is 0.0870. The van der Waals surface area contributed by atoms with Crippen LogP contribution in [-0.2, 0) is 0 Å². The average molecular weight is 369 g/mol. The second kappa shape index (κ2) is 7.48. The Morgan fingerprint density at radius 3 is 2.68 bits per heavy atom. The standard InChI is InChI=1S/C23H19N3O2/c1-15-8-10-21-18(12-15)13-20(16(2)25-21)23(27)26-24-14-19-9-11-22(28-19)17-6-4-3-5-7-17/h3-14H,1-2H3,(H,26,27)/b24-14+. The molecule has 2 aromatic carbocycles. The number of aryl methyl sites for hydroxylation is 2. The third kappa shape index (κ3) is 3.69. The maximum Gasteiger partial charge on any atom is 0.273 e. The largest absolute Gasteiger partial charge is 0.455 e. The molecule has 0 aliphatic heterocycles. The van der Waals surface area contributed by atoms with Crippen molar-refractivity contribution in [3.05, 3.63) is 89.3 Å². The number of hydrazone groups is 1. The average Bonchev–Trinajstić information content (AvgIpc) is 3.17. The number of hydrogen-bond donors (Lipinski definition) is 1. The molecule has 0 spiro atoms. The number of nitrogens with zero attached hydrogens (tertiary/aromatic N) is 2. The van der Waals surface area contributed by atoms with Gasteiger partial charge in [-0.15, -0.1) is 0 Å². The summed E-state index contributed by atoms with van der Waals surface area (Å²) in [5, 5.41) is 4.95. The van der Waals surface area contributed by atoms with E-state index in [1.54, 1.807) is 0 Å². The van der Waals surface area contributed by atoms with Crippen LogP contribution in [0.1, 0.15) is 27.4 Å². The van der Waals surface area contributed by atoms with E-state index in [4.69, 9.17) is 4.42 Å². The van der Waals surface area contributed by atoms with Gasteiger partial charge in [-0.25, -0.2) is 5.43 Å². The summed E-state index contributed by atoms with van der Waals surface area (Å²) < 4.78 is 5.74. The normalized spacial score (nSPS) is 11.2. The van der Waals surface area contributed by atoms with Crippen LogP contribution in [0.5, 0.6) is 0 Å². The number of pyridine rings is 1. The van der Waals surface area contributed by atoms with Gasteiger partial charge in [0, 0.05) is 10.9 Å². The van der Waals surface area contributed by atoms with Gasteiger partial charge in [0.15, 0.2) is 0 Å². The van der Waals surface area contributed by atoms with Gasteiger partial charge in [0.1, 0.15) is 11.5 Å². The van der Waals surface area contributed by atoms with Gasteiger partial charge >= 0.3 is 0 Å². The lowest BCUT2D eigenvalue weighted by atomic mass is 10.1. The van der Waals surface area contributed by atoms with Gasteiger partial charge in [-0.1, -0.05) is 42.0 Å². The Morgan fingerprint density at radius 1 is 1.04 bits per heavy atom. The molecule has 5 heteroatoms. The van der Waals surface area contributed by atoms with E-state index in [1.807, 2.05) is 80.6 Å². The highest BCUT2D eigenvalue weighted by Crippen LogP contribution is 2.21. The Morgan fingerprint density at radius 2 is 1.86 bits per heavy atom. The number of aromatic nitrogens is 1. The van der Waals surface area contributed by atoms with Crippen molar-refractivity contribution in [1.29, 1.82) is 0 Å². The molecule has 4 rings (SSSR count). The topological polar surface area (TPSA) is 67.5 Å². The second-order valence-electron chi connectivity index (χ2n) is 6.58. The van der Waals surface area contributed by atoms with Crippen LogP contribution in [0.3, 0.4) is 0 Å². The zero-order valence-electron chi connectivity index (χ0n) is 15.6. The van der Waals surface area contributed by atoms with E-state index in [2.05, 4.69) is 15.5 Å². The van der Waals surface area contributed by atoms with Crippen molar-refractivity contribution in [2.45, 2.75) is 13.8 Å². The van der Waals surface area contributed by atoms with Crippen LogP contribution in [0.2, 0.25) is 0 Å². The smallest absolute Gasteiger partial charge is 0.273 e. The molecule has 0 atom stereocenters. The van der Waals surface area contributed by atoms with Crippen LogP contribution in [0.15, 0.2) is 76.2 Å². The molecule has 0 aliphatic rings. The van der Waals surface area contributed by atoms with E-state index in [9.17, 15) is 4.79 Å². The summed E-state index contributed by atoms with van der Waals surface area (Å²) in [6.45, 7) is 3.83. The van der Waals surface area contributed by atoms with Gasteiger partial charge < -0.3 is 4.42 Å². The molecule has 0 bridgehead atoms. The molecule has 2 aromatic heterocycles. The number of benzene rings is 2. The number of carbonyl (C=O) groups is 1. The number of furan rings is 1. The predicted octanol–water partition coefficient (Wildman–Crippen LogP) is 4.88. The molecular formula is C23H19N3O2. The number of amides is 1. The Balaban J connectivity index is 1.49. The first-order valence-corrected chi connectivity index (χ1v) is 8.97. The van der Waals surface area contributed by atoms with E-state index in [0.29, 0.717) is 17.0 Å². The predicted molar refractivity (Wildman–Crippen MR) is 110 cm³/mol. The molecule has 1 N–H and O–H groups in total. The third-order valence-electron chi connectivity index (χ3n) is 4.45. The van der Waals surface area contributed by atoms with E-state index in [-0.39, 0.29) is 5.91 Å². The maximum absolute atomic E-state index is 12.5. The van der Waals surface area contributed by atoms with E-state index >= 15 is 0 Å². The van der Waals surface area contributed by atoms with E-state index in [1.165, 1.54) is 6.21 Å². The summed E-state index contributed by atoms with van der Waals surface area (Å²) in [4.78, 5) is 17.0. The SMILES string of the molecule is Cc1ccc2nc(C)c(C(=O)N/N=C/c3ccc(-c4ccccc4)o3)cc2c1. The molecule has 2 heterocycles. The minimum atomic E-state index is -0.306. The third-order valence-corrected chi connectivity index (χ3v) is 4.45. The van der Waals surface area contributed by atoms with Crippen molar-refractivity contribution in [3.63, 3.8) is 0 Å². The molecule has 0 fully saturated rings. The fourth-order valence-corrected chi connectivity index (χ4v) is 3.02. The summed E-state index contributed by atoms with van der Waals surface area (Å²) >= 11 is 0. The summed E-state index contributed by atoms with van der Waals surface area (Å²) in [6.07, 6.45) is 1.48. The molecule has 1 amide bonds. The fourth-order valence-electron chi connectivity index (χ4n) is 3.02. The molecule has 28 heavy (non-hydrogen) atoms. The number of nitrogens with one attached hydrogen (secondary N) is 1. The molecular weight excluding hydrogens is 350 g/mol. The van der Waals surface area contributed by atoms with Crippen LogP contribution >= 0.6 is 0 Å². The van der Waals surface area contributed by atoms with Crippen molar-refractivity contribution in [3.8, 4) is 11.3 Å². The van der Waals surface area contributed by atoms with Crippen LogP contribution in [0.25, 0.3) is 22.2 Å². The Labute approximate surface area is 162 Å². The van der Waals surface area contributed by atoms with Gasteiger partial charge in [0.25, 0.3) is 5.91 Å². The van der Waals surface area contributed by atoms with E-state index < -0.39 is 0 Å². The first-order valence-electron chi connectivity index (χ1n) is 8.97. The maximum atomic E-state index is 12.5. The molecule has 0 unspecified atom stereocenters. The quantitative estimate of drug-likeness (QED) is 0.412. The van der Waals surface area contributed by atoms with Crippen molar-refractivity contribution < 1.29 is 9.21 Å². The summed E-state index contributed by atoms with van der Waals surface area (Å²) in [5.41, 5.74) is 6.68. The van der Waals surface area contributed by atoms with Crippen LogP contribution in [0.4, 0.5) is 0 Å². The van der Waals surface area contributed by atoms with Gasteiger partial charge in [0.2, 0.25) is 0 Å². The van der Waals surface area contributed by atoms with E-state index in [0.717, 1.165) is 27.8 Å². The first kappa shape index (κ1) is 17.7. The lowest BCUT2D eigenvalue weighted by Crippen LogP contribution is -2.19. The molecule has 5 nitrogen and oxygen atoms in total. The zero-order chi connectivity index (χ0) is 19.5. The monoisotopic (exact) mass is 369 g/mol. The second-order valence-corrected chi connectivity index (χ2v) is 6.58.